The lowest BCUT2D eigenvalue weighted by Crippen LogP contribution is -1.87. The van der Waals surface area contributed by atoms with Crippen LogP contribution < -0.4 is 0 Å². The monoisotopic (exact) mass is 264 g/mol. The third-order valence-electron chi connectivity index (χ3n) is 2.98. The van der Waals surface area contributed by atoms with Gasteiger partial charge in [-0.2, -0.15) is 0 Å². The largest absolute Gasteiger partial charge is 0.508 e. The molecule has 98 valence electrons. The number of aromatic hydroxyl groups is 2. The van der Waals surface area contributed by atoms with E-state index < -0.39 is 0 Å². The molecule has 1 heterocycles. The predicted molar refractivity (Wildman–Crippen MR) is 76.2 cm³/mol. The van der Waals surface area contributed by atoms with E-state index in [1.807, 2.05) is 36.4 Å². The van der Waals surface area contributed by atoms with Crippen LogP contribution >= 0.6 is 0 Å². The molecule has 0 aliphatic heterocycles. The topological polar surface area (TPSA) is 66.2 Å². The van der Waals surface area contributed by atoms with Crippen molar-refractivity contribution in [3.8, 4) is 34.0 Å². The molecule has 1 aromatic heterocycles. The van der Waals surface area contributed by atoms with E-state index >= 15 is 0 Å². The molecule has 0 fully saturated rings. The molecule has 0 radical (unpaired) electrons. The van der Waals surface area contributed by atoms with Gasteiger partial charge in [-0.25, -0.2) is 9.97 Å². The van der Waals surface area contributed by atoms with E-state index in [1.165, 1.54) is 12.4 Å². The lowest BCUT2D eigenvalue weighted by molar-refractivity contribution is 0.470. The van der Waals surface area contributed by atoms with Gasteiger partial charge in [0.2, 0.25) is 0 Å². The Bertz CT molecular complexity index is 640. The van der Waals surface area contributed by atoms with E-state index in [4.69, 9.17) is 0 Å². The van der Waals surface area contributed by atoms with Crippen molar-refractivity contribution in [3.63, 3.8) is 0 Å². The second-order valence-corrected chi connectivity index (χ2v) is 4.39. The highest BCUT2D eigenvalue weighted by Crippen LogP contribution is 2.24. The summed E-state index contributed by atoms with van der Waals surface area (Å²) >= 11 is 0. The van der Waals surface area contributed by atoms with Gasteiger partial charge < -0.3 is 10.2 Å². The summed E-state index contributed by atoms with van der Waals surface area (Å²) in [6.45, 7) is 0. The average molecular weight is 264 g/mol. The Labute approximate surface area is 116 Å². The van der Waals surface area contributed by atoms with Gasteiger partial charge in [-0.3, -0.25) is 0 Å². The molecule has 0 bridgehead atoms. The summed E-state index contributed by atoms with van der Waals surface area (Å²) in [5.74, 6) is 0.873. The maximum Gasteiger partial charge on any atom is 0.159 e. The zero-order chi connectivity index (χ0) is 13.9. The molecule has 2 N–H and O–H groups in total. The minimum Gasteiger partial charge on any atom is -0.508 e. The van der Waals surface area contributed by atoms with E-state index in [9.17, 15) is 10.2 Å². The van der Waals surface area contributed by atoms with Gasteiger partial charge in [0.05, 0.1) is 12.4 Å². The Morgan fingerprint density at radius 3 is 1.55 bits per heavy atom. The first-order chi connectivity index (χ1) is 9.72. The van der Waals surface area contributed by atoms with Crippen molar-refractivity contribution in [3.05, 3.63) is 60.9 Å². The van der Waals surface area contributed by atoms with Gasteiger partial charge >= 0.3 is 0 Å². The first-order valence-corrected chi connectivity index (χ1v) is 6.13. The first kappa shape index (κ1) is 12.2. The predicted octanol–water partition coefficient (Wildman–Crippen LogP) is 3.22. The highest BCUT2D eigenvalue weighted by atomic mass is 16.3. The van der Waals surface area contributed by atoms with Gasteiger partial charge in [-0.05, 0) is 23.3 Å². The molecule has 0 aliphatic carbocycles. The Kier molecular flexibility index (Phi) is 3.05. The molecule has 0 amide bonds. The van der Waals surface area contributed by atoms with Crippen molar-refractivity contribution in [1.82, 2.24) is 9.97 Å². The molecule has 3 aromatic rings. The van der Waals surface area contributed by atoms with Crippen LogP contribution in [0, 0.1) is 0 Å². The van der Waals surface area contributed by atoms with Gasteiger partial charge in [0.25, 0.3) is 0 Å². The normalized spacial score (nSPS) is 10.4. The number of rotatable bonds is 2. The molecule has 0 spiro atoms. The summed E-state index contributed by atoms with van der Waals surface area (Å²) in [6.07, 6.45) is 2.74. The van der Waals surface area contributed by atoms with Crippen LogP contribution in [0.25, 0.3) is 22.5 Å². The van der Waals surface area contributed by atoms with Crippen molar-refractivity contribution < 1.29 is 10.2 Å². The fourth-order valence-electron chi connectivity index (χ4n) is 1.94. The van der Waals surface area contributed by atoms with Gasteiger partial charge in [-0.1, -0.05) is 36.4 Å². The first-order valence-electron chi connectivity index (χ1n) is 6.13. The summed E-state index contributed by atoms with van der Waals surface area (Å²) in [5.41, 5.74) is 2.96. The van der Waals surface area contributed by atoms with Crippen LogP contribution in [0.5, 0.6) is 11.5 Å². The number of aromatic nitrogens is 2. The summed E-state index contributed by atoms with van der Waals surface area (Å²) in [4.78, 5) is 8.14. The average Bonchev–Trinajstić information content (AvgIpc) is 2.49. The SMILES string of the molecule is Oc1ccc(-c2ccc(-c3ncc(O)cn3)cc2)cc1. The van der Waals surface area contributed by atoms with E-state index in [2.05, 4.69) is 9.97 Å². The van der Waals surface area contributed by atoms with Crippen molar-refractivity contribution in [2.75, 3.05) is 0 Å². The lowest BCUT2D eigenvalue weighted by Gasteiger charge is -2.04. The fourth-order valence-corrected chi connectivity index (χ4v) is 1.94. The summed E-state index contributed by atoms with van der Waals surface area (Å²) in [6, 6.07) is 14.8. The lowest BCUT2D eigenvalue weighted by atomic mass is 10.0. The van der Waals surface area contributed by atoms with Crippen molar-refractivity contribution in [1.29, 1.82) is 0 Å². The molecule has 0 aliphatic rings. The molecule has 2 aromatic carbocycles. The molecule has 0 saturated carbocycles. The van der Waals surface area contributed by atoms with Crippen LogP contribution in [0.1, 0.15) is 0 Å². The Morgan fingerprint density at radius 1 is 0.550 bits per heavy atom. The van der Waals surface area contributed by atoms with Gasteiger partial charge in [0.1, 0.15) is 5.75 Å². The van der Waals surface area contributed by atoms with Crippen LogP contribution in [-0.4, -0.2) is 20.2 Å². The van der Waals surface area contributed by atoms with Crippen LogP contribution in [0.4, 0.5) is 0 Å². The third kappa shape index (κ3) is 2.44. The van der Waals surface area contributed by atoms with E-state index in [1.54, 1.807) is 12.1 Å². The summed E-state index contributed by atoms with van der Waals surface area (Å²) in [7, 11) is 0. The Hall–Kier alpha value is -2.88. The summed E-state index contributed by atoms with van der Waals surface area (Å²) < 4.78 is 0. The van der Waals surface area contributed by atoms with Gasteiger partial charge in [0.15, 0.2) is 11.6 Å². The molecule has 0 atom stereocenters. The minimum absolute atomic E-state index is 0.0504. The number of hydrogen-bond acceptors (Lipinski definition) is 4. The molecule has 4 heteroatoms. The van der Waals surface area contributed by atoms with Crippen LogP contribution in [0.3, 0.4) is 0 Å². The summed E-state index contributed by atoms with van der Waals surface area (Å²) in [5, 5.41) is 18.5. The molecular formula is C16H12N2O2. The smallest absolute Gasteiger partial charge is 0.159 e. The number of nitrogens with zero attached hydrogens (tertiary/aromatic N) is 2. The third-order valence-corrected chi connectivity index (χ3v) is 2.98. The number of phenols is 1. The maximum atomic E-state index is 9.28. The van der Waals surface area contributed by atoms with Crippen LogP contribution in [-0.2, 0) is 0 Å². The molecular weight excluding hydrogens is 252 g/mol. The van der Waals surface area contributed by atoms with Crippen molar-refractivity contribution in [2.24, 2.45) is 0 Å². The van der Waals surface area contributed by atoms with Crippen molar-refractivity contribution in [2.45, 2.75) is 0 Å². The number of hydrogen-bond donors (Lipinski definition) is 2. The highest BCUT2D eigenvalue weighted by Gasteiger charge is 2.02. The highest BCUT2D eigenvalue weighted by molar-refractivity contribution is 5.68. The van der Waals surface area contributed by atoms with Crippen LogP contribution in [0.15, 0.2) is 60.9 Å². The molecule has 3 rings (SSSR count). The molecule has 20 heavy (non-hydrogen) atoms. The second kappa shape index (κ2) is 5.01. The van der Waals surface area contributed by atoms with Crippen LogP contribution in [0.2, 0.25) is 0 Å². The van der Waals surface area contributed by atoms with Crippen molar-refractivity contribution >= 4 is 0 Å². The fraction of sp³-hybridized carbons (Fsp3) is 0. The van der Waals surface area contributed by atoms with Gasteiger partial charge in [-0.15, -0.1) is 0 Å². The quantitative estimate of drug-likeness (QED) is 0.745. The van der Waals surface area contributed by atoms with E-state index in [0.717, 1.165) is 16.7 Å². The Balaban J connectivity index is 1.91. The zero-order valence-corrected chi connectivity index (χ0v) is 10.6. The molecule has 0 unspecified atom stereocenters. The van der Waals surface area contributed by atoms with E-state index in [0.29, 0.717) is 5.82 Å². The zero-order valence-electron chi connectivity index (χ0n) is 10.6. The molecule has 0 saturated heterocycles. The van der Waals surface area contributed by atoms with E-state index in [-0.39, 0.29) is 11.5 Å². The standard InChI is InChI=1S/C16H12N2O2/c19-14-7-5-12(6-8-14)11-1-3-13(4-2-11)16-17-9-15(20)10-18-16/h1-10,19-20H. The minimum atomic E-state index is 0.0504. The Morgan fingerprint density at radius 2 is 1.00 bits per heavy atom. The molecule has 4 nitrogen and oxygen atoms in total. The second-order valence-electron chi connectivity index (χ2n) is 4.39. The van der Waals surface area contributed by atoms with Gasteiger partial charge in [0, 0.05) is 5.56 Å². The number of benzene rings is 2. The number of phenolic OH excluding ortho intramolecular Hbond substituents is 1. The maximum absolute atomic E-state index is 9.28.